The third kappa shape index (κ3) is 2.34. The van der Waals surface area contributed by atoms with Gasteiger partial charge in [0.25, 0.3) is 0 Å². The summed E-state index contributed by atoms with van der Waals surface area (Å²) >= 11 is 0. The summed E-state index contributed by atoms with van der Waals surface area (Å²) in [6, 6.07) is 1.14. The Morgan fingerprint density at radius 2 is 1.87 bits per heavy atom. The molecule has 3 heteroatoms. The van der Waals surface area contributed by atoms with E-state index < -0.39 is 5.60 Å². The second-order valence-electron chi connectivity index (χ2n) is 5.33. The molecule has 2 unspecified atom stereocenters. The van der Waals surface area contributed by atoms with Gasteiger partial charge in [-0.25, -0.2) is 0 Å². The van der Waals surface area contributed by atoms with Gasteiger partial charge in [0.05, 0.1) is 12.3 Å². The Hall–Kier alpha value is -0.150. The lowest BCUT2D eigenvalue weighted by atomic mass is 9.82. The number of nitrogens with zero attached hydrogens (tertiary/aromatic N) is 1. The van der Waals surface area contributed by atoms with Crippen LogP contribution in [0.15, 0.2) is 0 Å². The highest BCUT2D eigenvalue weighted by Crippen LogP contribution is 2.41. The fourth-order valence-corrected chi connectivity index (χ4v) is 3.30. The van der Waals surface area contributed by atoms with E-state index in [0.717, 1.165) is 25.7 Å². The molecule has 88 valence electrons. The molecule has 0 saturated carbocycles. The smallest absolute Gasteiger partial charge is 0.0894 e. The van der Waals surface area contributed by atoms with Gasteiger partial charge < -0.3 is 10.0 Å². The van der Waals surface area contributed by atoms with Gasteiger partial charge in [-0.15, -0.1) is 0 Å². The second kappa shape index (κ2) is 4.38. The number of fused-ring (bicyclic) bond motifs is 2. The van der Waals surface area contributed by atoms with Crippen LogP contribution in [0, 0.1) is 0 Å². The molecule has 2 aliphatic rings. The predicted octanol–water partition coefficient (Wildman–Crippen LogP) is 2.11. The summed E-state index contributed by atoms with van der Waals surface area (Å²) < 4.78 is 12.0. The third-order valence-corrected chi connectivity index (χ3v) is 4.24. The summed E-state index contributed by atoms with van der Waals surface area (Å²) in [6.07, 6.45) is 6.47. The summed E-state index contributed by atoms with van der Waals surface area (Å²) in [4.78, 5) is 2.42. The first-order chi connectivity index (χ1) is 7.14. The first kappa shape index (κ1) is 11.3. The normalized spacial score (nSPS) is 41.0. The largest absolute Gasteiger partial charge is 0.390 e. The topological polar surface area (TPSA) is 23.5 Å². The Morgan fingerprint density at radius 1 is 1.27 bits per heavy atom. The molecule has 2 bridgehead atoms. The number of hydrogen-bond acceptors (Lipinski definition) is 2. The monoisotopic (exact) mass is 215 g/mol. The lowest BCUT2D eigenvalue weighted by Crippen LogP contribution is -2.49. The molecule has 1 N–H and O–H groups in total. The van der Waals surface area contributed by atoms with E-state index in [1.54, 1.807) is 0 Å². The summed E-state index contributed by atoms with van der Waals surface area (Å²) in [6.45, 7) is -0.247. The molecule has 15 heavy (non-hydrogen) atoms. The molecule has 2 nitrogen and oxygen atoms in total. The lowest BCUT2D eigenvalue weighted by Gasteiger charge is -2.42. The van der Waals surface area contributed by atoms with Crippen molar-refractivity contribution in [1.82, 2.24) is 4.90 Å². The molecular formula is C12H22FNO. The highest BCUT2D eigenvalue weighted by atomic mass is 19.1. The number of hydrogen-bond donors (Lipinski definition) is 1. The van der Waals surface area contributed by atoms with E-state index in [9.17, 15) is 9.50 Å². The zero-order valence-electron chi connectivity index (χ0n) is 9.58. The van der Waals surface area contributed by atoms with Crippen LogP contribution >= 0.6 is 0 Å². The van der Waals surface area contributed by atoms with E-state index in [2.05, 4.69) is 11.9 Å². The van der Waals surface area contributed by atoms with Crippen molar-refractivity contribution in [3.8, 4) is 0 Å². The minimum absolute atomic E-state index is 0.247. The summed E-state index contributed by atoms with van der Waals surface area (Å²) in [5.41, 5.74) is -0.493. The SMILES string of the molecule is CN1C2CCC1CC(O)(CCCCF)C2. The van der Waals surface area contributed by atoms with Crippen molar-refractivity contribution in [2.24, 2.45) is 0 Å². The van der Waals surface area contributed by atoms with Crippen molar-refractivity contribution in [3.05, 3.63) is 0 Å². The Kier molecular flexibility index (Phi) is 3.31. The Bertz CT molecular complexity index is 208. The number of piperidine rings is 1. The molecule has 0 aliphatic carbocycles. The Labute approximate surface area is 91.5 Å². The standard InChI is InChI=1S/C12H22FNO/c1-14-10-4-5-11(14)9-12(15,8-10)6-2-3-7-13/h10-11,15H,2-9H2,1H3. The number of aliphatic hydroxyl groups is 1. The van der Waals surface area contributed by atoms with E-state index in [1.165, 1.54) is 12.8 Å². The van der Waals surface area contributed by atoms with Crippen molar-refractivity contribution in [3.63, 3.8) is 0 Å². The zero-order valence-corrected chi connectivity index (χ0v) is 9.58. The molecular weight excluding hydrogens is 193 g/mol. The molecule has 2 rings (SSSR count). The second-order valence-corrected chi connectivity index (χ2v) is 5.33. The molecule has 0 aromatic carbocycles. The maximum absolute atomic E-state index is 12.0. The molecule has 2 aliphatic heterocycles. The molecule has 2 fully saturated rings. The van der Waals surface area contributed by atoms with Gasteiger partial charge in [-0.3, -0.25) is 4.39 Å². The van der Waals surface area contributed by atoms with Gasteiger partial charge in [0.2, 0.25) is 0 Å². The summed E-state index contributed by atoms with van der Waals surface area (Å²) in [5, 5.41) is 10.4. The number of rotatable bonds is 4. The molecule has 0 spiro atoms. The molecule has 0 amide bonds. The number of alkyl halides is 1. The first-order valence-corrected chi connectivity index (χ1v) is 6.15. The van der Waals surface area contributed by atoms with Gasteiger partial charge in [0, 0.05) is 12.1 Å². The molecule has 0 aromatic heterocycles. The Balaban J connectivity index is 1.88. The zero-order chi connectivity index (χ0) is 10.9. The van der Waals surface area contributed by atoms with Crippen molar-refractivity contribution in [1.29, 1.82) is 0 Å². The van der Waals surface area contributed by atoms with Gasteiger partial charge in [0.1, 0.15) is 0 Å². The average Bonchev–Trinajstić information content (AvgIpc) is 2.44. The predicted molar refractivity (Wildman–Crippen MR) is 58.6 cm³/mol. The molecule has 2 saturated heterocycles. The van der Waals surface area contributed by atoms with Gasteiger partial charge in [-0.05, 0) is 52.0 Å². The quantitative estimate of drug-likeness (QED) is 0.726. The summed E-state index contributed by atoms with van der Waals surface area (Å²) in [5.74, 6) is 0. The van der Waals surface area contributed by atoms with E-state index in [1.807, 2.05) is 0 Å². The van der Waals surface area contributed by atoms with Gasteiger partial charge in [-0.1, -0.05) is 0 Å². The molecule has 0 radical (unpaired) electrons. The fraction of sp³-hybridized carbons (Fsp3) is 1.00. The van der Waals surface area contributed by atoms with E-state index >= 15 is 0 Å². The third-order valence-electron chi connectivity index (χ3n) is 4.24. The number of halogens is 1. The highest BCUT2D eigenvalue weighted by Gasteiger charge is 2.45. The molecule has 2 heterocycles. The minimum Gasteiger partial charge on any atom is -0.390 e. The van der Waals surface area contributed by atoms with E-state index in [-0.39, 0.29) is 6.67 Å². The van der Waals surface area contributed by atoms with Crippen LogP contribution in [-0.2, 0) is 0 Å². The van der Waals surface area contributed by atoms with E-state index in [4.69, 9.17) is 0 Å². The van der Waals surface area contributed by atoms with Crippen LogP contribution in [0.2, 0.25) is 0 Å². The maximum Gasteiger partial charge on any atom is 0.0894 e. The fourth-order valence-electron chi connectivity index (χ4n) is 3.30. The Morgan fingerprint density at radius 3 is 2.40 bits per heavy atom. The van der Waals surface area contributed by atoms with Gasteiger partial charge >= 0.3 is 0 Å². The average molecular weight is 215 g/mol. The van der Waals surface area contributed by atoms with E-state index in [0.29, 0.717) is 18.5 Å². The molecule has 0 aromatic rings. The van der Waals surface area contributed by atoms with Crippen LogP contribution in [0.1, 0.15) is 44.9 Å². The maximum atomic E-state index is 12.0. The van der Waals surface area contributed by atoms with Crippen LogP contribution in [0.5, 0.6) is 0 Å². The van der Waals surface area contributed by atoms with Crippen molar-refractivity contribution in [2.45, 2.75) is 62.6 Å². The van der Waals surface area contributed by atoms with Crippen molar-refractivity contribution >= 4 is 0 Å². The van der Waals surface area contributed by atoms with Crippen LogP contribution in [0.25, 0.3) is 0 Å². The van der Waals surface area contributed by atoms with Crippen molar-refractivity contribution < 1.29 is 9.50 Å². The van der Waals surface area contributed by atoms with Crippen LogP contribution in [-0.4, -0.2) is 41.4 Å². The first-order valence-electron chi connectivity index (χ1n) is 6.15. The number of unbranched alkanes of at least 4 members (excludes halogenated alkanes) is 1. The van der Waals surface area contributed by atoms with Crippen LogP contribution in [0.4, 0.5) is 4.39 Å². The van der Waals surface area contributed by atoms with Crippen LogP contribution in [0.3, 0.4) is 0 Å². The highest BCUT2D eigenvalue weighted by molar-refractivity contribution is 5.00. The minimum atomic E-state index is -0.493. The molecule has 2 atom stereocenters. The lowest BCUT2D eigenvalue weighted by molar-refractivity contribution is -0.0515. The van der Waals surface area contributed by atoms with Gasteiger partial charge in [0.15, 0.2) is 0 Å². The van der Waals surface area contributed by atoms with Crippen LogP contribution < -0.4 is 0 Å². The van der Waals surface area contributed by atoms with Crippen molar-refractivity contribution in [2.75, 3.05) is 13.7 Å². The summed E-state index contributed by atoms with van der Waals surface area (Å²) in [7, 11) is 2.17. The van der Waals surface area contributed by atoms with Gasteiger partial charge in [-0.2, -0.15) is 0 Å².